The van der Waals surface area contributed by atoms with Crippen molar-refractivity contribution in [1.82, 2.24) is 19.9 Å². The van der Waals surface area contributed by atoms with Crippen LogP contribution in [0.5, 0.6) is 0 Å². The van der Waals surface area contributed by atoms with Gasteiger partial charge in [-0.05, 0) is 180 Å². The number of hydrogen-bond donors (Lipinski definition) is 0. The fraction of sp³-hybridized carbons (Fsp3) is 0. The minimum Gasteiger partial charge on any atom is -0.254 e. The van der Waals surface area contributed by atoms with Crippen molar-refractivity contribution in [1.29, 1.82) is 0 Å². The molecule has 0 saturated carbocycles. The van der Waals surface area contributed by atoms with E-state index in [1.165, 1.54) is 137 Å². The standard InChI is InChI=1S/C60H38N2.C46H28N2/c1-4-12-39(13-5-1)48-29-26-44-30-33-50-53(37-49(38-55(50)54(44)36-48)40-14-6-2-7-15-40)43-24-20-41(21-25-43)42-22-27-46(28-23-42)58-51-18-10-11-19-57(51)62-60-52(58)34-31-47-32-35-56(61-59(47)60)45-16-8-3-9-17-45;1-2-10-29(11-3-1)32-20-19-30-21-23-37-34(16-8-17-36(37)42(30)28-32)38-25-26-39(35-14-5-4-13-33(35)38)44-40-15-6-7-18-43(40)48-46-41(44)24-22-31-12-9-27-47-45(31)46/h1-38H;1-28H. The van der Waals surface area contributed by atoms with Gasteiger partial charge in [0.25, 0.3) is 0 Å². The van der Waals surface area contributed by atoms with E-state index in [1.807, 2.05) is 18.3 Å². The lowest BCUT2D eigenvalue weighted by molar-refractivity contribution is 1.39. The van der Waals surface area contributed by atoms with Crippen LogP contribution in [0.3, 0.4) is 0 Å². The fourth-order valence-electron chi connectivity index (χ4n) is 17.0. The topological polar surface area (TPSA) is 51.6 Å². The Kier molecular flexibility index (Phi) is 15.5. The van der Waals surface area contributed by atoms with Gasteiger partial charge in [-0.2, -0.15) is 0 Å². The summed E-state index contributed by atoms with van der Waals surface area (Å²) < 4.78 is 0. The van der Waals surface area contributed by atoms with E-state index in [9.17, 15) is 0 Å². The molecule has 110 heavy (non-hydrogen) atoms. The summed E-state index contributed by atoms with van der Waals surface area (Å²) in [5, 5.41) is 19.1. The van der Waals surface area contributed by atoms with Crippen LogP contribution in [-0.2, 0) is 0 Å². The number of para-hydroxylation sites is 2. The fourth-order valence-corrected chi connectivity index (χ4v) is 17.0. The zero-order valence-corrected chi connectivity index (χ0v) is 59.9. The van der Waals surface area contributed by atoms with Crippen LogP contribution < -0.4 is 0 Å². The van der Waals surface area contributed by atoms with Gasteiger partial charge in [-0.3, -0.25) is 4.98 Å². The molecule has 0 radical (unpaired) electrons. The zero-order chi connectivity index (χ0) is 72.6. The van der Waals surface area contributed by atoms with Gasteiger partial charge in [-0.25, -0.2) is 15.0 Å². The molecule has 22 rings (SSSR count). The Bertz CT molecular complexity index is 7410. The van der Waals surface area contributed by atoms with Crippen molar-refractivity contribution >= 4 is 119 Å². The van der Waals surface area contributed by atoms with Gasteiger partial charge in [0.15, 0.2) is 0 Å². The first kappa shape index (κ1) is 63.9. The van der Waals surface area contributed by atoms with E-state index in [2.05, 4.69) is 382 Å². The minimum absolute atomic E-state index is 0.916. The quantitative estimate of drug-likeness (QED) is 0.107. The SMILES string of the molecule is c1ccc(-c2ccc3ccc4c(-c5ccc(-c6c7ccccc7nc7c6ccc6cccnc67)c6ccccc56)cccc4c3c2)cc1.c1ccc(-c2ccc3ccc4c(-c5ccc(-c6ccc(-c7c8ccccc8nc8c7ccc7ccc(-c9ccccc9)nc78)cc6)cc5)cc(-c5ccccc5)cc4c3c2)cc1. The second kappa shape index (κ2) is 26.8. The number of pyridine rings is 4. The summed E-state index contributed by atoms with van der Waals surface area (Å²) in [6, 6.07) is 142. The zero-order valence-electron chi connectivity index (χ0n) is 59.9. The lowest BCUT2D eigenvalue weighted by atomic mass is 9.87. The van der Waals surface area contributed by atoms with Crippen molar-refractivity contribution in [2.24, 2.45) is 0 Å². The van der Waals surface area contributed by atoms with E-state index in [0.717, 1.165) is 82.2 Å². The van der Waals surface area contributed by atoms with Gasteiger partial charge in [0, 0.05) is 55.2 Å². The Hall–Kier alpha value is -14.6. The number of nitrogens with zero attached hydrogens (tertiary/aromatic N) is 4. The molecule has 0 aliphatic rings. The predicted molar refractivity (Wildman–Crippen MR) is 466 cm³/mol. The van der Waals surface area contributed by atoms with Crippen molar-refractivity contribution in [2.45, 2.75) is 0 Å². The van der Waals surface area contributed by atoms with Crippen molar-refractivity contribution in [3.05, 3.63) is 401 Å². The third-order valence-corrected chi connectivity index (χ3v) is 22.3. The molecule has 0 atom stereocenters. The largest absolute Gasteiger partial charge is 0.254 e. The second-order valence-electron chi connectivity index (χ2n) is 28.6. The van der Waals surface area contributed by atoms with E-state index in [-0.39, 0.29) is 0 Å². The highest BCUT2D eigenvalue weighted by molar-refractivity contribution is 6.23. The molecule has 0 aliphatic heterocycles. The molecule has 0 unspecified atom stereocenters. The van der Waals surface area contributed by atoms with Crippen LogP contribution in [0.2, 0.25) is 0 Å². The maximum absolute atomic E-state index is 5.24. The van der Waals surface area contributed by atoms with E-state index < -0.39 is 0 Å². The maximum atomic E-state index is 5.24. The Labute approximate surface area is 635 Å². The Balaban J connectivity index is 0.000000144. The first-order valence-electron chi connectivity index (χ1n) is 37.6. The first-order valence-corrected chi connectivity index (χ1v) is 37.6. The Morgan fingerprint density at radius 1 is 0.155 bits per heavy atom. The Morgan fingerprint density at radius 3 is 1.18 bits per heavy atom. The van der Waals surface area contributed by atoms with Crippen LogP contribution in [-0.4, -0.2) is 19.9 Å². The lowest BCUT2D eigenvalue weighted by Gasteiger charge is -2.17. The van der Waals surface area contributed by atoms with Gasteiger partial charge in [0.05, 0.1) is 38.8 Å². The average molecular weight is 1400 g/mol. The predicted octanol–water partition coefficient (Wildman–Crippen LogP) is 28.6. The minimum atomic E-state index is 0.916. The molecular weight excluding hydrogens is 1330 g/mol. The molecular formula is C106H66N4. The molecule has 4 aromatic heterocycles. The molecule has 0 spiro atoms. The summed E-state index contributed by atoms with van der Waals surface area (Å²) in [5.74, 6) is 0. The molecule has 510 valence electrons. The van der Waals surface area contributed by atoms with Crippen molar-refractivity contribution in [2.75, 3.05) is 0 Å². The molecule has 4 heteroatoms. The van der Waals surface area contributed by atoms with Crippen LogP contribution in [0, 0.1) is 0 Å². The smallest absolute Gasteiger partial charge is 0.0978 e. The van der Waals surface area contributed by atoms with Crippen LogP contribution in [0.1, 0.15) is 0 Å². The summed E-state index contributed by atoms with van der Waals surface area (Å²) in [6.45, 7) is 0. The van der Waals surface area contributed by atoms with Crippen LogP contribution in [0.25, 0.3) is 220 Å². The number of fused-ring (bicyclic) bond motifs is 15. The summed E-state index contributed by atoms with van der Waals surface area (Å²) in [6.07, 6.45) is 1.86. The monoisotopic (exact) mass is 1390 g/mol. The van der Waals surface area contributed by atoms with Gasteiger partial charge >= 0.3 is 0 Å². The van der Waals surface area contributed by atoms with Crippen molar-refractivity contribution in [3.8, 4) is 100 Å². The molecule has 18 aromatic carbocycles. The number of rotatable bonds is 9. The molecule has 0 saturated heterocycles. The van der Waals surface area contributed by atoms with Crippen LogP contribution in [0.15, 0.2) is 401 Å². The third kappa shape index (κ3) is 11.2. The maximum Gasteiger partial charge on any atom is 0.0978 e. The lowest BCUT2D eigenvalue weighted by Crippen LogP contribution is -1.93. The third-order valence-electron chi connectivity index (χ3n) is 22.3. The molecule has 22 aromatic rings. The Morgan fingerprint density at radius 2 is 0.555 bits per heavy atom. The normalized spacial score (nSPS) is 11.6. The van der Waals surface area contributed by atoms with Gasteiger partial charge in [0.2, 0.25) is 0 Å². The van der Waals surface area contributed by atoms with E-state index >= 15 is 0 Å². The number of hydrogen-bond acceptors (Lipinski definition) is 4. The highest BCUT2D eigenvalue weighted by atomic mass is 14.8. The molecule has 0 fully saturated rings. The van der Waals surface area contributed by atoms with Crippen molar-refractivity contribution < 1.29 is 0 Å². The van der Waals surface area contributed by atoms with Gasteiger partial charge in [0.1, 0.15) is 0 Å². The van der Waals surface area contributed by atoms with Crippen molar-refractivity contribution in [3.63, 3.8) is 0 Å². The summed E-state index contributed by atoms with van der Waals surface area (Å²) in [7, 11) is 0. The summed E-state index contributed by atoms with van der Waals surface area (Å²) in [5.41, 5.74) is 27.0. The molecule has 0 aliphatic carbocycles. The summed E-state index contributed by atoms with van der Waals surface area (Å²) >= 11 is 0. The highest BCUT2D eigenvalue weighted by Gasteiger charge is 2.21. The van der Waals surface area contributed by atoms with Gasteiger partial charge in [-0.1, -0.05) is 346 Å². The van der Waals surface area contributed by atoms with E-state index in [1.54, 1.807) is 0 Å². The summed E-state index contributed by atoms with van der Waals surface area (Å²) in [4.78, 5) is 20.4. The highest BCUT2D eigenvalue weighted by Crippen LogP contribution is 2.47. The molecule has 0 amide bonds. The number of aromatic nitrogens is 4. The average Bonchev–Trinajstić information content (AvgIpc) is 0.719. The van der Waals surface area contributed by atoms with Gasteiger partial charge < -0.3 is 0 Å². The molecule has 0 N–H and O–H groups in total. The number of benzene rings is 18. The van der Waals surface area contributed by atoms with Crippen LogP contribution >= 0.6 is 0 Å². The van der Waals surface area contributed by atoms with Crippen LogP contribution in [0.4, 0.5) is 0 Å². The molecule has 0 bridgehead atoms. The first-order chi connectivity index (χ1) is 54.5. The molecule has 4 nitrogen and oxygen atoms in total. The second-order valence-corrected chi connectivity index (χ2v) is 28.6. The van der Waals surface area contributed by atoms with Gasteiger partial charge in [-0.15, -0.1) is 0 Å². The van der Waals surface area contributed by atoms with E-state index in [0.29, 0.717) is 0 Å². The molecule has 4 heterocycles. The van der Waals surface area contributed by atoms with E-state index in [4.69, 9.17) is 19.9 Å².